The predicted molar refractivity (Wildman–Crippen MR) is 68.3 cm³/mol. The lowest BCUT2D eigenvalue weighted by atomic mass is 9.94. The topological polar surface area (TPSA) is 37.3 Å². The normalized spacial score (nSPS) is 14.1. The molecule has 16 heavy (non-hydrogen) atoms. The largest absolute Gasteiger partial charge is 0.504 e. The summed E-state index contributed by atoms with van der Waals surface area (Å²) in [6.45, 7) is 11.9. The van der Waals surface area contributed by atoms with Gasteiger partial charge in [-0.1, -0.05) is 47.6 Å². The number of hydrogen-bond donors (Lipinski definition) is 1. The van der Waals surface area contributed by atoms with Gasteiger partial charge in [-0.15, -0.1) is 0 Å². The van der Waals surface area contributed by atoms with E-state index < -0.39 is 0 Å². The number of aliphatic hydroxyl groups excluding tert-OH is 1. The minimum atomic E-state index is -0.239. The summed E-state index contributed by atoms with van der Waals surface area (Å²) >= 11 is 0. The first-order chi connectivity index (χ1) is 7.25. The van der Waals surface area contributed by atoms with Crippen LogP contribution in [0.2, 0.25) is 0 Å². The van der Waals surface area contributed by atoms with Crippen LogP contribution < -0.4 is 0 Å². The summed E-state index contributed by atoms with van der Waals surface area (Å²) in [4.78, 5) is 12.0. The second kappa shape index (κ2) is 6.51. The molecule has 92 valence electrons. The molecule has 0 aromatic rings. The van der Waals surface area contributed by atoms with Crippen LogP contribution in [0.4, 0.5) is 0 Å². The molecule has 0 unspecified atom stereocenters. The zero-order chi connectivity index (χ0) is 12.9. The molecule has 2 nitrogen and oxygen atoms in total. The van der Waals surface area contributed by atoms with Crippen molar-refractivity contribution >= 4 is 5.78 Å². The van der Waals surface area contributed by atoms with E-state index in [1.54, 1.807) is 6.08 Å². The molecule has 0 spiro atoms. The van der Waals surface area contributed by atoms with Gasteiger partial charge in [-0.05, 0) is 23.8 Å². The van der Waals surface area contributed by atoms with Crippen LogP contribution in [0, 0.1) is 17.8 Å². The lowest BCUT2D eigenvalue weighted by molar-refractivity contribution is -0.115. The van der Waals surface area contributed by atoms with Gasteiger partial charge in [0.15, 0.2) is 5.76 Å². The number of carbonyl (C=O) groups excluding carboxylic acids is 1. The van der Waals surface area contributed by atoms with Crippen LogP contribution in [0.1, 0.15) is 41.5 Å². The smallest absolute Gasteiger partial charge is 0.222 e. The Hall–Kier alpha value is -1.05. The molecule has 2 heteroatoms. The molecule has 0 saturated carbocycles. The zero-order valence-electron chi connectivity index (χ0n) is 11.2. The monoisotopic (exact) mass is 224 g/mol. The number of aliphatic hydroxyl groups is 1. The number of ketones is 1. The Kier molecular flexibility index (Phi) is 6.09. The number of Topliss-reactive ketones (excluding diaryl/α,β-unsaturated/α-hetero) is 1. The summed E-state index contributed by atoms with van der Waals surface area (Å²) in [7, 11) is 0. The molecule has 0 aromatic carbocycles. The Balaban J connectivity index is 5.05. The standard InChI is InChI=1S/C14H24O2/c1-9(2)7-12(11(5)6)14(16)13(15)8-10(3)4/h7-11,15H,1-6H3. The fourth-order valence-electron chi connectivity index (χ4n) is 1.43. The van der Waals surface area contributed by atoms with Crippen molar-refractivity contribution in [3.63, 3.8) is 0 Å². The molecule has 1 N–H and O–H groups in total. The van der Waals surface area contributed by atoms with Crippen LogP contribution in [0.5, 0.6) is 0 Å². The second-order valence-corrected chi connectivity index (χ2v) is 5.15. The van der Waals surface area contributed by atoms with Crippen molar-refractivity contribution in [2.24, 2.45) is 17.8 Å². The summed E-state index contributed by atoms with van der Waals surface area (Å²) in [6, 6.07) is 0. The maximum atomic E-state index is 12.0. The minimum Gasteiger partial charge on any atom is -0.504 e. The molecule has 0 bridgehead atoms. The molecular formula is C14H24O2. The summed E-state index contributed by atoms with van der Waals surface area (Å²) in [6.07, 6.45) is 3.52. The number of hydrogen-bond acceptors (Lipinski definition) is 2. The van der Waals surface area contributed by atoms with Crippen molar-refractivity contribution in [1.29, 1.82) is 0 Å². The molecule has 0 aromatic heterocycles. The molecule has 0 aliphatic rings. The highest BCUT2D eigenvalue weighted by Crippen LogP contribution is 2.17. The number of carbonyl (C=O) groups is 1. The van der Waals surface area contributed by atoms with E-state index in [1.807, 2.05) is 47.6 Å². The maximum Gasteiger partial charge on any atom is 0.222 e. The van der Waals surface area contributed by atoms with Crippen molar-refractivity contribution in [1.82, 2.24) is 0 Å². The molecular weight excluding hydrogens is 200 g/mol. The molecule has 0 saturated heterocycles. The van der Waals surface area contributed by atoms with E-state index in [0.29, 0.717) is 11.5 Å². The van der Waals surface area contributed by atoms with Crippen LogP contribution in [0.15, 0.2) is 23.5 Å². The lowest BCUT2D eigenvalue weighted by Gasteiger charge is -2.12. The van der Waals surface area contributed by atoms with Crippen molar-refractivity contribution in [2.75, 3.05) is 0 Å². The van der Waals surface area contributed by atoms with Crippen molar-refractivity contribution in [2.45, 2.75) is 41.5 Å². The quantitative estimate of drug-likeness (QED) is 0.568. The van der Waals surface area contributed by atoms with Gasteiger partial charge in [0.05, 0.1) is 0 Å². The van der Waals surface area contributed by atoms with Gasteiger partial charge in [0.25, 0.3) is 0 Å². The first-order valence-corrected chi connectivity index (χ1v) is 5.92. The highest BCUT2D eigenvalue weighted by Gasteiger charge is 2.17. The Bertz CT molecular complexity index is 294. The molecule has 0 rings (SSSR count). The minimum absolute atomic E-state index is 0.129. The summed E-state index contributed by atoms with van der Waals surface area (Å²) in [5.41, 5.74) is 0.699. The molecule has 0 radical (unpaired) electrons. The van der Waals surface area contributed by atoms with E-state index in [4.69, 9.17) is 0 Å². The first kappa shape index (κ1) is 14.9. The van der Waals surface area contributed by atoms with Gasteiger partial charge in [0, 0.05) is 5.57 Å². The van der Waals surface area contributed by atoms with Gasteiger partial charge < -0.3 is 5.11 Å². The van der Waals surface area contributed by atoms with Gasteiger partial charge in [-0.3, -0.25) is 4.79 Å². The highest BCUT2D eigenvalue weighted by atomic mass is 16.3. The maximum absolute atomic E-state index is 12.0. The Morgan fingerprint density at radius 1 is 0.938 bits per heavy atom. The van der Waals surface area contributed by atoms with Gasteiger partial charge in [0.1, 0.15) is 0 Å². The fraction of sp³-hybridized carbons (Fsp3) is 0.643. The molecule has 0 amide bonds. The fourth-order valence-corrected chi connectivity index (χ4v) is 1.43. The van der Waals surface area contributed by atoms with E-state index in [0.717, 1.165) is 0 Å². The van der Waals surface area contributed by atoms with Gasteiger partial charge >= 0.3 is 0 Å². The van der Waals surface area contributed by atoms with Crippen LogP contribution in [-0.4, -0.2) is 10.9 Å². The summed E-state index contributed by atoms with van der Waals surface area (Å²) < 4.78 is 0. The van der Waals surface area contributed by atoms with Crippen LogP contribution >= 0.6 is 0 Å². The summed E-state index contributed by atoms with van der Waals surface area (Å²) in [5, 5.41) is 9.69. The SMILES string of the molecule is CC(C)C=C(O)C(=O)C(=CC(C)C)C(C)C. The van der Waals surface area contributed by atoms with Crippen LogP contribution in [0.25, 0.3) is 0 Å². The highest BCUT2D eigenvalue weighted by molar-refractivity contribution is 6.06. The van der Waals surface area contributed by atoms with Crippen molar-refractivity contribution < 1.29 is 9.90 Å². The molecule has 0 aliphatic carbocycles. The van der Waals surface area contributed by atoms with E-state index in [9.17, 15) is 9.90 Å². The first-order valence-electron chi connectivity index (χ1n) is 5.92. The summed E-state index contributed by atoms with van der Waals surface area (Å²) in [5.74, 6) is 0.259. The third-order valence-corrected chi connectivity index (χ3v) is 2.12. The van der Waals surface area contributed by atoms with E-state index in [2.05, 4.69) is 0 Å². The van der Waals surface area contributed by atoms with Crippen LogP contribution in [0.3, 0.4) is 0 Å². The van der Waals surface area contributed by atoms with Crippen molar-refractivity contribution in [3.05, 3.63) is 23.5 Å². The molecule has 0 aliphatic heterocycles. The van der Waals surface area contributed by atoms with E-state index in [1.165, 1.54) is 0 Å². The molecule has 0 heterocycles. The Morgan fingerprint density at radius 3 is 1.69 bits per heavy atom. The van der Waals surface area contributed by atoms with E-state index >= 15 is 0 Å². The zero-order valence-corrected chi connectivity index (χ0v) is 11.2. The number of allylic oxidation sites excluding steroid dienone is 3. The second-order valence-electron chi connectivity index (χ2n) is 5.15. The third kappa shape index (κ3) is 5.15. The van der Waals surface area contributed by atoms with Crippen LogP contribution in [-0.2, 0) is 4.79 Å². The average Bonchev–Trinajstić information content (AvgIpc) is 2.11. The lowest BCUT2D eigenvalue weighted by Crippen LogP contribution is -2.12. The van der Waals surface area contributed by atoms with Gasteiger partial charge in [0.2, 0.25) is 5.78 Å². The van der Waals surface area contributed by atoms with Gasteiger partial charge in [-0.25, -0.2) is 0 Å². The average molecular weight is 224 g/mol. The Labute approximate surface area is 99.1 Å². The van der Waals surface area contributed by atoms with Gasteiger partial charge in [-0.2, -0.15) is 0 Å². The predicted octanol–water partition coefficient (Wildman–Crippen LogP) is 3.89. The Morgan fingerprint density at radius 2 is 1.38 bits per heavy atom. The van der Waals surface area contributed by atoms with Crippen molar-refractivity contribution in [3.8, 4) is 0 Å². The van der Waals surface area contributed by atoms with E-state index in [-0.39, 0.29) is 23.4 Å². The third-order valence-electron chi connectivity index (χ3n) is 2.12. The molecule has 0 atom stereocenters. The molecule has 0 fully saturated rings. The number of rotatable bonds is 5.